The maximum atomic E-state index is 12.1. The van der Waals surface area contributed by atoms with Gasteiger partial charge in [0.05, 0.1) is 12.2 Å². The fourth-order valence-electron chi connectivity index (χ4n) is 1.50. The molecule has 0 aromatic carbocycles. The predicted molar refractivity (Wildman–Crippen MR) is 79.4 cm³/mol. The molecular weight excluding hydrogens is 296 g/mol. The normalized spacial score (nSPS) is 11.6. The number of hydrogen-bond donors (Lipinski definition) is 1. The third-order valence-electron chi connectivity index (χ3n) is 2.52. The molecule has 0 saturated carbocycles. The molecule has 0 amide bonds. The Bertz CT molecular complexity index is 695. The number of aromatic nitrogens is 2. The topological polar surface area (TPSA) is 75.2 Å². The van der Waals surface area contributed by atoms with Crippen molar-refractivity contribution in [3.8, 4) is 0 Å². The van der Waals surface area contributed by atoms with E-state index in [-0.39, 0.29) is 6.54 Å². The predicted octanol–water partition coefficient (Wildman–Crippen LogP) is 1.39. The third kappa shape index (κ3) is 3.53. The van der Waals surface area contributed by atoms with E-state index in [9.17, 15) is 8.42 Å². The van der Waals surface area contributed by atoms with E-state index in [0.29, 0.717) is 15.9 Å². The molecule has 0 aliphatic rings. The highest BCUT2D eigenvalue weighted by Gasteiger charge is 2.16. The summed E-state index contributed by atoms with van der Waals surface area (Å²) in [5, 5.41) is 0. The van der Waals surface area contributed by atoms with Crippen molar-refractivity contribution >= 4 is 27.3 Å². The number of aryl methyl sites for hydroxylation is 1. The van der Waals surface area contributed by atoms with E-state index in [1.807, 2.05) is 21.0 Å². The maximum Gasteiger partial charge on any atom is 0.250 e. The summed E-state index contributed by atoms with van der Waals surface area (Å²) in [6.07, 6.45) is 1.61. The van der Waals surface area contributed by atoms with Crippen LogP contribution in [0.5, 0.6) is 0 Å². The zero-order valence-electron chi connectivity index (χ0n) is 11.5. The minimum atomic E-state index is -3.48. The first-order valence-electron chi connectivity index (χ1n) is 5.94. The van der Waals surface area contributed by atoms with Gasteiger partial charge in [-0.3, -0.25) is 0 Å². The van der Waals surface area contributed by atoms with Crippen LogP contribution in [0.2, 0.25) is 0 Å². The average Bonchev–Trinajstić information content (AvgIpc) is 2.84. The standard InChI is InChI=1S/C12H16N4O2S2/c1-9-4-5-11(19-9)20(17,18)14-8-10-6-7-13-12(15-10)16(2)3/h4-7,14H,8H2,1-3H3. The molecule has 6 nitrogen and oxygen atoms in total. The first-order valence-corrected chi connectivity index (χ1v) is 8.24. The van der Waals surface area contributed by atoms with E-state index in [0.717, 1.165) is 4.88 Å². The zero-order valence-corrected chi connectivity index (χ0v) is 13.1. The highest BCUT2D eigenvalue weighted by Crippen LogP contribution is 2.20. The minimum Gasteiger partial charge on any atom is -0.347 e. The largest absolute Gasteiger partial charge is 0.347 e. The summed E-state index contributed by atoms with van der Waals surface area (Å²) in [7, 11) is 0.186. The van der Waals surface area contributed by atoms with E-state index >= 15 is 0 Å². The summed E-state index contributed by atoms with van der Waals surface area (Å²) in [6.45, 7) is 2.01. The van der Waals surface area contributed by atoms with Crippen LogP contribution >= 0.6 is 11.3 Å². The van der Waals surface area contributed by atoms with Gasteiger partial charge in [-0.2, -0.15) is 0 Å². The Hall–Kier alpha value is -1.51. The van der Waals surface area contributed by atoms with Crippen molar-refractivity contribution in [1.82, 2.24) is 14.7 Å². The van der Waals surface area contributed by atoms with Gasteiger partial charge in [0.2, 0.25) is 16.0 Å². The Labute approximate surface area is 122 Å². The minimum absolute atomic E-state index is 0.142. The summed E-state index contributed by atoms with van der Waals surface area (Å²) in [6, 6.07) is 5.08. The Kier molecular flexibility index (Phi) is 4.36. The summed E-state index contributed by atoms with van der Waals surface area (Å²) < 4.78 is 27.0. The second kappa shape index (κ2) is 5.86. The number of sulfonamides is 1. The fourth-order valence-corrected chi connectivity index (χ4v) is 3.82. The molecule has 0 spiro atoms. The van der Waals surface area contributed by atoms with E-state index in [1.54, 1.807) is 29.3 Å². The smallest absolute Gasteiger partial charge is 0.250 e. The Morgan fingerprint density at radius 2 is 2.05 bits per heavy atom. The second-order valence-corrected chi connectivity index (χ2v) is 7.71. The quantitative estimate of drug-likeness (QED) is 0.903. The fraction of sp³-hybridized carbons (Fsp3) is 0.333. The van der Waals surface area contributed by atoms with Crippen LogP contribution in [0.3, 0.4) is 0 Å². The molecule has 0 unspecified atom stereocenters. The van der Waals surface area contributed by atoms with E-state index in [1.165, 1.54) is 11.3 Å². The van der Waals surface area contributed by atoms with Gasteiger partial charge in [-0.05, 0) is 25.1 Å². The molecule has 0 radical (unpaired) electrons. The van der Waals surface area contributed by atoms with Crippen LogP contribution < -0.4 is 9.62 Å². The van der Waals surface area contributed by atoms with Crippen molar-refractivity contribution in [1.29, 1.82) is 0 Å². The number of thiophene rings is 1. The molecule has 2 heterocycles. The summed E-state index contributed by atoms with van der Waals surface area (Å²) in [4.78, 5) is 11.1. The van der Waals surface area contributed by atoms with Gasteiger partial charge < -0.3 is 4.90 Å². The molecule has 20 heavy (non-hydrogen) atoms. The molecule has 0 saturated heterocycles. The molecule has 8 heteroatoms. The van der Waals surface area contributed by atoms with E-state index in [2.05, 4.69) is 14.7 Å². The molecular formula is C12H16N4O2S2. The van der Waals surface area contributed by atoms with Crippen LogP contribution in [0.1, 0.15) is 10.6 Å². The monoisotopic (exact) mass is 312 g/mol. The number of rotatable bonds is 5. The Balaban J connectivity index is 2.10. The van der Waals surface area contributed by atoms with Gasteiger partial charge in [-0.15, -0.1) is 11.3 Å². The summed E-state index contributed by atoms with van der Waals surface area (Å²) in [5.74, 6) is 0.550. The Morgan fingerprint density at radius 1 is 1.30 bits per heavy atom. The van der Waals surface area contributed by atoms with Gasteiger partial charge in [-0.25, -0.2) is 23.1 Å². The second-order valence-electron chi connectivity index (χ2n) is 4.43. The van der Waals surface area contributed by atoms with Gasteiger partial charge in [0.1, 0.15) is 4.21 Å². The molecule has 0 aliphatic heterocycles. The number of nitrogens with zero attached hydrogens (tertiary/aromatic N) is 3. The maximum absolute atomic E-state index is 12.1. The number of anilines is 1. The summed E-state index contributed by atoms with van der Waals surface area (Å²) >= 11 is 1.25. The Morgan fingerprint density at radius 3 is 2.65 bits per heavy atom. The lowest BCUT2D eigenvalue weighted by Gasteiger charge is -2.11. The van der Waals surface area contributed by atoms with Gasteiger partial charge in [0.25, 0.3) is 0 Å². The first-order chi connectivity index (χ1) is 9.38. The molecule has 0 aliphatic carbocycles. The molecule has 0 atom stereocenters. The van der Waals surface area contributed by atoms with Crippen molar-refractivity contribution < 1.29 is 8.42 Å². The van der Waals surface area contributed by atoms with Crippen molar-refractivity contribution in [2.45, 2.75) is 17.7 Å². The van der Waals surface area contributed by atoms with Crippen LogP contribution in [-0.2, 0) is 16.6 Å². The summed E-state index contributed by atoms with van der Waals surface area (Å²) in [5.41, 5.74) is 0.626. The average molecular weight is 312 g/mol. The van der Waals surface area contributed by atoms with Crippen molar-refractivity contribution in [2.24, 2.45) is 0 Å². The molecule has 108 valence electrons. The van der Waals surface area contributed by atoms with Gasteiger partial charge in [-0.1, -0.05) is 0 Å². The van der Waals surface area contributed by atoms with Crippen LogP contribution in [0, 0.1) is 6.92 Å². The lowest BCUT2D eigenvalue weighted by atomic mass is 10.4. The molecule has 0 bridgehead atoms. The molecule has 2 aromatic heterocycles. The third-order valence-corrected chi connectivity index (χ3v) is 5.42. The lowest BCUT2D eigenvalue weighted by Crippen LogP contribution is -2.23. The van der Waals surface area contributed by atoms with Crippen LogP contribution in [0.25, 0.3) is 0 Å². The first kappa shape index (κ1) is 14.9. The van der Waals surface area contributed by atoms with Crippen molar-refractivity contribution in [3.05, 3.63) is 35.0 Å². The molecule has 2 aromatic rings. The van der Waals surface area contributed by atoms with Crippen molar-refractivity contribution in [3.63, 3.8) is 0 Å². The molecule has 1 N–H and O–H groups in total. The van der Waals surface area contributed by atoms with Gasteiger partial charge >= 0.3 is 0 Å². The van der Waals surface area contributed by atoms with Crippen LogP contribution in [-0.4, -0.2) is 32.5 Å². The number of nitrogens with one attached hydrogen (secondary N) is 1. The van der Waals surface area contributed by atoms with E-state index in [4.69, 9.17) is 0 Å². The lowest BCUT2D eigenvalue weighted by molar-refractivity contribution is 0.582. The zero-order chi connectivity index (χ0) is 14.8. The highest BCUT2D eigenvalue weighted by molar-refractivity contribution is 7.91. The van der Waals surface area contributed by atoms with Gasteiger partial charge in [0.15, 0.2) is 0 Å². The van der Waals surface area contributed by atoms with Gasteiger partial charge in [0, 0.05) is 25.2 Å². The van der Waals surface area contributed by atoms with Crippen molar-refractivity contribution in [2.75, 3.05) is 19.0 Å². The highest BCUT2D eigenvalue weighted by atomic mass is 32.2. The van der Waals surface area contributed by atoms with Crippen LogP contribution in [0.4, 0.5) is 5.95 Å². The van der Waals surface area contributed by atoms with Crippen LogP contribution in [0.15, 0.2) is 28.6 Å². The SMILES string of the molecule is Cc1ccc(S(=O)(=O)NCc2ccnc(N(C)C)n2)s1. The van der Waals surface area contributed by atoms with E-state index < -0.39 is 10.0 Å². The molecule has 0 fully saturated rings. The molecule has 2 rings (SSSR count). The number of hydrogen-bond acceptors (Lipinski definition) is 6.